The van der Waals surface area contributed by atoms with E-state index in [1.807, 2.05) is 42.5 Å². The lowest BCUT2D eigenvalue weighted by molar-refractivity contribution is 0.0374. The molecule has 0 bridgehead atoms. The lowest BCUT2D eigenvalue weighted by atomic mass is 10.1. The van der Waals surface area contributed by atoms with Crippen molar-refractivity contribution in [2.75, 3.05) is 51.0 Å². The third kappa shape index (κ3) is 5.76. The van der Waals surface area contributed by atoms with Gasteiger partial charge < -0.3 is 15.4 Å². The molecule has 1 aliphatic rings. The smallest absolute Gasteiger partial charge is 0.252 e. The lowest BCUT2D eigenvalue weighted by Gasteiger charge is -2.26. The van der Waals surface area contributed by atoms with Crippen LogP contribution in [0.3, 0.4) is 0 Å². The van der Waals surface area contributed by atoms with Gasteiger partial charge in [-0.1, -0.05) is 24.3 Å². The van der Waals surface area contributed by atoms with Crippen molar-refractivity contribution in [2.24, 2.45) is 0 Å². The summed E-state index contributed by atoms with van der Waals surface area (Å²) >= 11 is 1.69. The van der Waals surface area contributed by atoms with E-state index in [2.05, 4.69) is 33.9 Å². The Morgan fingerprint density at radius 3 is 2.81 bits per heavy atom. The highest BCUT2D eigenvalue weighted by atomic mass is 32.2. The fourth-order valence-electron chi connectivity index (χ4n) is 3.70. The number of carbonyl (C=O) groups is 1. The summed E-state index contributed by atoms with van der Waals surface area (Å²) in [5.41, 5.74) is 2.39. The monoisotopic (exact) mass is 436 g/mol. The van der Waals surface area contributed by atoms with Crippen LogP contribution in [0.15, 0.2) is 59.5 Å². The van der Waals surface area contributed by atoms with Gasteiger partial charge in [0, 0.05) is 35.6 Å². The highest BCUT2D eigenvalue weighted by molar-refractivity contribution is 7.98. The number of hydrogen-bond acceptors (Lipinski definition) is 6. The van der Waals surface area contributed by atoms with E-state index in [-0.39, 0.29) is 5.91 Å². The van der Waals surface area contributed by atoms with Gasteiger partial charge in [0.1, 0.15) is 5.82 Å². The van der Waals surface area contributed by atoms with E-state index in [4.69, 9.17) is 9.72 Å². The summed E-state index contributed by atoms with van der Waals surface area (Å²) in [5.74, 6) is 0.594. The Bertz CT molecular complexity index is 1040. The minimum absolute atomic E-state index is 0.0681. The second-order valence-corrected chi connectivity index (χ2v) is 8.37. The molecule has 1 fully saturated rings. The Morgan fingerprint density at radius 2 is 1.97 bits per heavy atom. The molecule has 2 N–H and O–H groups in total. The Morgan fingerprint density at radius 1 is 1.13 bits per heavy atom. The molecule has 162 valence electrons. The highest BCUT2D eigenvalue weighted by Crippen LogP contribution is 2.25. The standard InChI is InChI=1S/C24H28N4O2S/c1-31-19-7-4-6-18(16-19)26-23-17-21(20-8-2-3-9-22(20)27-23)24(29)25-10-5-11-28-12-14-30-15-13-28/h2-4,6-9,16-17H,5,10-15H2,1H3,(H,25,29)(H,26,27). The first-order chi connectivity index (χ1) is 15.2. The Labute approximate surface area is 187 Å². The van der Waals surface area contributed by atoms with Crippen molar-refractivity contribution in [2.45, 2.75) is 11.3 Å². The summed E-state index contributed by atoms with van der Waals surface area (Å²) < 4.78 is 5.39. The van der Waals surface area contributed by atoms with Gasteiger partial charge in [-0.25, -0.2) is 4.98 Å². The fourth-order valence-corrected chi connectivity index (χ4v) is 4.16. The van der Waals surface area contributed by atoms with Crippen LogP contribution < -0.4 is 10.6 Å². The highest BCUT2D eigenvalue weighted by Gasteiger charge is 2.14. The Hall–Kier alpha value is -2.61. The van der Waals surface area contributed by atoms with E-state index in [0.29, 0.717) is 17.9 Å². The van der Waals surface area contributed by atoms with Gasteiger partial charge in [-0.15, -0.1) is 11.8 Å². The molecule has 1 aromatic heterocycles. The number of aromatic nitrogens is 1. The largest absolute Gasteiger partial charge is 0.379 e. The number of nitrogens with one attached hydrogen (secondary N) is 2. The molecule has 0 aliphatic carbocycles. The van der Waals surface area contributed by atoms with Gasteiger partial charge in [0.15, 0.2) is 0 Å². The molecule has 1 aliphatic heterocycles. The van der Waals surface area contributed by atoms with Crippen LogP contribution in [0.4, 0.5) is 11.5 Å². The van der Waals surface area contributed by atoms with Gasteiger partial charge in [0.05, 0.1) is 24.3 Å². The molecule has 6 nitrogen and oxygen atoms in total. The second kappa shape index (κ2) is 10.6. The summed E-state index contributed by atoms with van der Waals surface area (Å²) in [6.07, 6.45) is 2.97. The zero-order valence-electron chi connectivity index (χ0n) is 17.8. The maximum absolute atomic E-state index is 13.0. The number of morpholine rings is 1. The molecule has 1 saturated heterocycles. The first kappa shape index (κ1) is 21.6. The first-order valence-electron chi connectivity index (χ1n) is 10.6. The van der Waals surface area contributed by atoms with Crippen LogP contribution in [0.25, 0.3) is 10.9 Å². The van der Waals surface area contributed by atoms with Gasteiger partial charge >= 0.3 is 0 Å². The normalized spacial score (nSPS) is 14.5. The number of thioether (sulfide) groups is 1. The minimum atomic E-state index is -0.0681. The molecule has 3 aromatic rings. The van der Waals surface area contributed by atoms with E-state index in [1.165, 1.54) is 4.90 Å². The summed E-state index contributed by atoms with van der Waals surface area (Å²) in [7, 11) is 0. The van der Waals surface area contributed by atoms with Crippen LogP contribution in [0.2, 0.25) is 0 Å². The van der Waals surface area contributed by atoms with Crippen LogP contribution in [-0.4, -0.2) is 61.4 Å². The summed E-state index contributed by atoms with van der Waals surface area (Å²) in [5, 5.41) is 7.30. The number of anilines is 2. The molecular weight excluding hydrogens is 408 g/mol. The van der Waals surface area contributed by atoms with E-state index in [1.54, 1.807) is 11.8 Å². The summed E-state index contributed by atoms with van der Waals surface area (Å²) in [6.45, 7) is 5.14. The Kier molecular flexibility index (Phi) is 7.40. The first-order valence-corrected chi connectivity index (χ1v) is 11.8. The van der Waals surface area contributed by atoms with Crippen molar-refractivity contribution in [3.8, 4) is 0 Å². The summed E-state index contributed by atoms with van der Waals surface area (Å²) in [6, 6.07) is 17.8. The SMILES string of the molecule is CSc1cccc(Nc2cc(C(=O)NCCCN3CCOCC3)c3ccccc3n2)c1. The molecule has 0 spiro atoms. The van der Waals surface area contributed by atoms with Crippen LogP contribution in [0.1, 0.15) is 16.8 Å². The third-order valence-corrected chi connectivity index (χ3v) is 6.07. The van der Waals surface area contributed by atoms with Crippen molar-refractivity contribution in [1.29, 1.82) is 0 Å². The van der Waals surface area contributed by atoms with Crippen LogP contribution in [-0.2, 0) is 4.74 Å². The van der Waals surface area contributed by atoms with Crippen LogP contribution >= 0.6 is 11.8 Å². The van der Waals surface area contributed by atoms with Gasteiger partial charge in [0.2, 0.25) is 0 Å². The molecule has 0 atom stereocenters. The number of nitrogens with zero attached hydrogens (tertiary/aromatic N) is 2. The average molecular weight is 437 g/mol. The number of para-hydroxylation sites is 1. The molecule has 1 amide bonds. The molecule has 0 radical (unpaired) electrons. The molecule has 0 saturated carbocycles. The maximum Gasteiger partial charge on any atom is 0.252 e. The minimum Gasteiger partial charge on any atom is -0.379 e. The summed E-state index contributed by atoms with van der Waals surface area (Å²) in [4.78, 5) is 21.3. The number of ether oxygens (including phenoxy) is 1. The predicted molar refractivity (Wildman–Crippen MR) is 127 cm³/mol. The molecule has 0 unspecified atom stereocenters. The van der Waals surface area contributed by atoms with Crippen molar-refractivity contribution >= 4 is 40.1 Å². The molecule has 4 rings (SSSR count). The van der Waals surface area contributed by atoms with Gasteiger partial charge in [0.25, 0.3) is 5.91 Å². The van der Waals surface area contributed by atoms with Gasteiger partial charge in [-0.3, -0.25) is 9.69 Å². The van der Waals surface area contributed by atoms with Gasteiger partial charge in [-0.05, 0) is 49.6 Å². The quantitative estimate of drug-likeness (QED) is 0.408. The fraction of sp³-hybridized carbons (Fsp3) is 0.333. The van der Waals surface area contributed by atoms with Crippen LogP contribution in [0, 0.1) is 0 Å². The molecule has 2 heterocycles. The lowest BCUT2D eigenvalue weighted by Crippen LogP contribution is -2.38. The molecule has 2 aromatic carbocycles. The topological polar surface area (TPSA) is 66.5 Å². The molecule has 31 heavy (non-hydrogen) atoms. The van der Waals surface area contributed by atoms with E-state index in [0.717, 1.165) is 55.9 Å². The van der Waals surface area contributed by atoms with Crippen molar-refractivity contribution < 1.29 is 9.53 Å². The van der Waals surface area contributed by atoms with E-state index in [9.17, 15) is 4.79 Å². The van der Waals surface area contributed by atoms with Crippen molar-refractivity contribution in [3.05, 3.63) is 60.2 Å². The average Bonchev–Trinajstić information content (AvgIpc) is 2.82. The van der Waals surface area contributed by atoms with Crippen molar-refractivity contribution in [1.82, 2.24) is 15.2 Å². The second-order valence-electron chi connectivity index (χ2n) is 7.49. The number of pyridine rings is 1. The van der Waals surface area contributed by atoms with E-state index >= 15 is 0 Å². The van der Waals surface area contributed by atoms with E-state index < -0.39 is 0 Å². The number of carbonyl (C=O) groups excluding carboxylic acids is 1. The third-order valence-electron chi connectivity index (χ3n) is 5.34. The number of benzene rings is 2. The number of fused-ring (bicyclic) bond motifs is 1. The Balaban J connectivity index is 1.47. The zero-order valence-corrected chi connectivity index (χ0v) is 18.6. The van der Waals surface area contributed by atoms with Gasteiger partial charge in [-0.2, -0.15) is 0 Å². The maximum atomic E-state index is 13.0. The number of amides is 1. The molecule has 7 heteroatoms. The number of rotatable bonds is 8. The number of hydrogen-bond donors (Lipinski definition) is 2. The predicted octanol–water partition coefficient (Wildman–Crippen LogP) is 4.15. The molecular formula is C24H28N4O2S. The zero-order chi connectivity index (χ0) is 21.5. The van der Waals surface area contributed by atoms with Crippen molar-refractivity contribution in [3.63, 3.8) is 0 Å². The van der Waals surface area contributed by atoms with Crippen LogP contribution in [0.5, 0.6) is 0 Å².